The van der Waals surface area contributed by atoms with Crippen molar-refractivity contribution in [1.29, 1.82) is 0 Å². The average molecular weight is 263 g/mol. The van der Waals surface area contributed by atoms with Crippen LogP contribution in [0.2, 0.25) is 0 Å². The Hall–Kier alpha value is -2.18. The van der Waals surface area contributed by atoms with Gasteiger partial charge in [-0.05, 0) is 12.8 Å². The van der Waals surface area contributed by atoms with E-state index in [1.165, 1.54) is 6.26 Å². The fourth-order valence-electron chi connectivity index (χ4n) is 2.78. The number of aromatic nitrogens is 1. The van der Waals surface area contributed by atoms with Crippen LogP contribution in [0.1, 0.15) is 31.4 Å². The van der Waals surface area contributed by atoms with Crippen molar-refractivity contribution < 1.29 is 18.9 Å². The van der Waals surface area contributed by atoms with Crippen LogP contribution < -0.4 is 5.32 Å². The first-order valence-corrected chi connectivity index (χ1v) is 6.20. The third-order valence-corrected chi connectivity index (χ3v) is 3.82. The number of amides is 4. The normalized spacial score (nSPS) is 22.1. The summed E-state index contributed by atoms with van der Waals surface area (Å²) in [7, 11) is 0. The molecule has 1 aromatic heterocycles. The Morgan fingerprint density at radius 1 is 1.32 bits per heavy atom. The van der Waals surface area contributed by atoms with Gasteiger partial charge in [0.15, 0.2) is 0 Å². The summed E-state index contributed by atoms with van der Waals surface area (Å²) >= 11 is 0. The Balaban J connectivity index is 1.89. The molecule has 19 heavy (non-hydrogen) atoms. The van der Waals surface area contributed by atoms with Crippen molar-refractivity contribution in [3.05, 3.63) is 18.0 Å². The maximum Gasteiger partial charge on any atom is 0.331 e. The van der Waals surface area contributed by atoms with Crippen molar-refractivity contribution in [2.75, 3.05) is 0 Å². The first-order chi connectivity index (χ1) is 9.13. The van der Waals surface area contributed by atoms with E-state index < -0.39 is 23.3 Å². The van der Waals surface area contributed by atoms with E-state index in [0.717, 1.165) is 17.7 Å². The molecule has 1 saturated carbocycles. The molecule has 7 heteroatoms. The lowest BCUT2D eigenvalue weighted by Crippen LogP contribution is -2.62. The maximum absolute atomic E-state index is 12.5. The molecule has 1 aliphatic heterocycles. The number of urea groups is 1. The molecule has 4 amide bonds. The first kappa shape index (κ1) is 11.9. The number of barbiturate groups is 1. The minimum atomic E-state index is -1.06. The Bertz CT molecular complexity index is 531. The van der Waals surface area contributed by atoms with Gasteiger partial charge in [-0.2, -0.15) is 0 Å². The standard InChI is InChI=1S/C12H13N3O4/c16-9-12(4-1-2-5-12)10(17)15(11(18)13-9)7-8-3-6-19-14-8/h3,6H,1-2,4-5,7H2,(H,13,16,18). The summed E-state index contributed by atoms with van der Waals surface area (Å²) in [4.78, 5) is 37.3. The Morgan fingerprint density at radius 3 is 2.68 bits per heavy atom. The lowest BCUT2D eigenvalue weighted by Gasteiger charge is -2.36. The van der Waals surface area contributed by atoms with E-state index in [2.05, 4.69) is 15.0 Å². The third kappa shape index (κ3) is 1.73. The molecule has 7 nitrogen and oxygen atoms in total. The van der Waals surface area contributed by atoms with Gasteiger partial charge in [-0.3, -0.25) is 19.8 Å². The van der Waals surface area contributed by atoms with E-state index >= 15 is 0 Å². The molecular formula is C12H13N3O4. The highest BCUT2D eigenvalue weighted by atomic mass is 16.5. The Morgan fingerprint density at radius 2 is 2.05 bits per heavy atom. The van der Waals surface area contributed by atoms with E-state index in [0.29, 0.717) is 18.5 Å². The molecule has 0 atom stereocenters. The predicted octanol–water partition coefficient (Wildman–Crippen LogP) is 0.813. The molecule has 2 fully saturated rings. The average Bonchev–Trinajstić information content (AvgIpc) is 3.05. The van der Waals surface area contributed by atoms with Crippen molar-refractivity contribution in [2.45, 2.75) is 32.2 Å². The van der Waals surface area contributed by atoms with E-state index in [1.807, 2.05) is 0 Å². The van der Waals surface area contributed by atoms with Crippen molar-refractivity contribution in [3.63, 3.8) is 0 Å². The highest BCUT2D eigenvalue weighted by molar-refractivity contribution is 6.19. The molecule has 100 valence electrons. The monoisotopic (exact) mass is 263 g/mol. The zero-order valence-corrected chi connectivity index (χ0v) is 10.2. The molecule has 3 rings (SSSR count). The van der Waals surface area contributed by atoms with E-state index in [4.69, 9.17) is 0 Å². The Kier molecular flexibility index (Phi) is 2.62. The highest BCUT2D eigenvalue weighted by Crippen LogP contribution is 2.41. The fourth-order valence-corrected chi connectivity index (χ4v) is 2.78. The topological polar surface area (TPSA) is 92.5 Å². The van der Waals surface area contributed by atoms with Crippen LogP contribution in [0.5, 0.6) is 0 Å². The lowest BCUT2D eigenvalue weighted by atomic mass is 9.82. The third-order valence-electron chi connectivity index (χ3n) is 3.82. The maximum atomic E-state index is 12.5. The molecule has 0 radical (unpaired) electrons. The lowest BCUT2D eigenvalue weighted by molar-refractivity contribution is -0.151. The van der Waals surface area contributed by atoms with Gasteiger partial charge in [0, 0.05) is 6.07 Å². The second-order valence-electron chi connectivity index (χ2n) is 4.93. The van der Waals surface area contributed by atoms with Gasteiger partial charge in [0.25, 0.3) is 0 Å². The van der Waals surface area contributed by atoms with Gasteiger partial charge in [0.05, 0.1) is 6.54 Å². The smallest absolute Gasteiger partial charge is 0.331 e. The largest absolute Gasteiger partial charge is 0.364 e. The van der Waals surface area contributed by atoms with E-state index in [1.54, 1.807) is 6.07 Å². The van der Waals surface area contributed by atoms with Crippen LogP contribution in [0.25, 0.3) is 0 Å². The summed E-state index contributed by atoms with van der Waals surface area (Å²) < 4.78 is 4.68. The van der Waals surface area contributed by atoms with Crippen LogP contribution in [0.15, 0.2) is 16.9 Å². The van der Waals surface area contributed by atoms with Crippen LogP contribution >= 0.6 is 0 Å². The number of carbonyl (C=O) groups is 3. The van der Waals surface area contributed by atoms with Gasteiger partial charge < -0.3 is 4.52 Å². The van der Waals surface area contributed by atoms with Gasteiger partial charge in [-0.25, -0.2) is 4.79 Å². The Labute approximate surface area is 108 Å². The molecule has 2 aliphatic rings. The van der Waals surface area contributed by atoms with Crippen LogP contribution in [0, 0.1) is 5.41 Å². The number of rotatable bonds is 2. The number of nitrogens with one attached hydrogen (secondary N) is 1. The summed E-state index contributed by atoms with van der Waals surface area (Å²) in [5.41, 5.74) is -0.580. The van der Waals surface area contributed by atoms with E-state index in [9.17, 15) is 14.4 Å². The molecule has 1 spiro atoms. The van der Waals surface area contributed by atoms with Crippen LogP contribution in [0.4, 0.5) is 4.79 Å². The number of carbonyl (C=O) groups excluding carboxylic acids is 3. The number of hydrogen-bond acceptors (Lipinski definition) is 5. The summed E-state index contributed by atoms with van der Waals surface area (Å²) in [6, 6.07) is 0.897. The molecule has 1 aliphatic carbocycles. The summed E-state index contributed by atoms with van der Waals surface area (Å²) in [6.07, 6.45) is 4.02. The van der Waals surface area contributed by atoms with Crippen molar-refractivity contribution >= 4 is 17.8 Å². The van der Waals surface area contributed by atoms with Crippen LogP contribution in [-0.4, -0.2) is 27.9 Å². The van der Waals surface area contributed by atoms with Crippen LogP contribution in [0.3, 0.4) is 0 Å². The van der Waals surface area contributed by atoms with Crippen molar-refractivity contribution in [2.24, 2.45) is 5.41 Å². The zero-order valence-electron chi connectivity index (χ0n) is 10.2. The zero-order chi connectivity index (χ0) is 13.5. The SMILES string of the molecule is O=C1NC(=O)C2(CCCC2)C(=O)N1Cc1ccon1. The number of hydrogen-bond donors (Lipinski definition) is 1. The second-order valence-corrected chi connectivity index (χ2v) is 4.93. The molecule has 0 unspecified atom stereocenters. The highest BCUT2D eigenvalue weighted by Gasteiger charge is 2.54. The van der Waals surface area contributed by atoms with Crippen LogP contribution in [-0.2, 0) is 16.1 Å². The quantitative estimate of drug-likeness (QED) is 0.797. The van der Waals surface area contributed by atoms with E-state index in [-0.39, 0.29) is 6.54 Å². The molecule has 2 heterocycles. The molecule has 0 aromatic carbocycles. The van der Waals surface area contributed by atoms with Gasteiger partial charge in [-0.15, -0.1) is 0 Å². The molecule has 1 N–H and O–H groups in total. The van der Waals surface area contributed by atoms with Crippen molar-refractivity contribution in [1.82, 2.24) is 15.4 Å². The molecule has 0 bridgehead atoms. The summed E-state index contributed by atoms with van der Waals surface area (Å²) in [5.74, 6) is -0.877. The minimum absolute atomic E-state index is 0.0240. The fraction of sp³-hybridized carbons (Fsp3) is 0.500. The van der Waals surface area contributed by atoms with Gasteiger partial charge >= 0.3 is 6.03 Å². The van der Waals surface area contributed by atoms with Crippen molar-refractivity contribution in [3.8, 4) is 0 Å². The second kappa shape index (κ2) is 4.18. The van der Waals surface area contributed by atoms with Gasteiger partial charge in [0.2, 0.25) is 11.8 Å². The molecule has 1 aromatic rings. The summed E-state index contributed by atoms with van der Waals surface area (Å²) in [6.45, 7) is 0.0240. The minimum Gasteiger partial charge on any atom is -0.364 e. The summed E-state index contributed by atoms with van der Waals surface area (Å²) in [5, 5.41) is 5.95. The first-order valence-electron chi connectivity index (χ1n) is 6.20. The predicted molar refractivity (Wildman–Crippen MR) is 61.5 cm³/mol. The van der Waals surface area contributed by atoms with Gasteiger partial charge in [0.1, 0.15) is 17.4 Å². The number of nitrogens with zero attached hydrogens (tertiary/aromatic N) is 2. The molecular weight excluding hydrogens is 250 g/mol. The molecule has 1 saturated heterocycles. The number of imide groups is 2. The van der Waals surface area contributed by atoms with Gasteiger partial charge in [-0.1, -0.05) is 18.0 Å².